The Hall–Kier alpha value is -1.27. The molecule has 5 nitrogen and oxygen atoms in total. The van der Waals surface area contributed by atoms with Crippen molar-refractivity contribution >= 4 is 34.9 Å². The minimum Gasteiger partial charge on any atom is -0.480 e. The van der Waals surface area contributed by atoms with Gasteiger partial charge >= 0.3 is 12.0 Å². The number of halogens is 1. The summed E-state index contributed by atoms with van der Waals surface area (Å²) in [5, 5.41) is 9.32. The number of carbonyl (C=O) groups is 2. The number of piperidine rings is 1. The van der Waals surface area contributed by atoms with Crippen LogP contribution >= 0.6 is 22.9 Å². The first-order valence-electron chi connectivity index (χ1n) is 6.87. The van der Waals surface area contributed by atoms with E-state index in [1.54, 1.807) is 18.0 Å². The van der Waals surface area contributed by atoms with Gasteiger partial charge in [0.15, 0.2) is 0 Å². The molecule has 0 bridgehead atoms. The van der Waals surface area contributed by atoms with E-state index in [1.165, 1.54) is 16.2 Å². The summed E-state index contributed by atoms with van der Waals surface area (Å²) in [5.41, 5.74) is 0. The normalized spacial score (nSPS) is 22.1. The molecule has 2 rings (SSSR count). The summed E-state index contributed by atoms with van der Waals surface area (Å²) in [7, 11) is 1.69. The first-order chi connectivity index (χ1) is 9.88. The minimum absolute atomic E-state index is 0.237. The summed E-state index contributed by atoms with van der Waals surface area (Å²) in [6.07, 6.45) is 1.36. The quantitative estimate of drug-likeness (QED) is 0.926. The topological polar surface area (TPSA) is 60.9 Å². The highest BCUT2D eigenvalue weighted by Gasteiger charge is 2.36. The zero-order chi connectivity index (χ0) is 15.6. The van der Waals surface area contributed by atoms with E-state index in [4.69, 9.17) is 11.6 Å². The summed E-state index contributed by atoms with van der Waals surface area (Å²) in [6, 6.07) is 2.71. The third-order valence-electron chi connectivity index (χ3n) is 3.74. The zero-order valence-electron chi connectivity index (χ0n) is 12.1. The van der Waals surface area contributed by atoms with Crippen LogP contribution in [0.4, 0.5) is 4.79 Å². The van der Waals surface area contributed by atoms with Crippen molar-refractivity contribution in [3.8, 4) is 0 Å². The maximum absolute atomic E-state index is 12.5. The molecule has 116 valence electrons. The van der Waals surface area contributed by atoms with Crippen molar-refractivity contribution in [2.75, 3.05) is 13.6 Å². The van der Waals surface area contributed by atoms with Gasteiger partial charge < -0.3 is 14.9 Å². The van der Waals surface area contributed by atoms with Crippen LogP contribution in [-0.4, -0.2) is 46.5 Å². The van der Waals surface area contributed by atoms with Crippen molar-refractivity contribution in [3.05, 3.63) is 21.3 Å². The number of carbonyl (C=O) groups excluding carboxylic acids is 1. The molecule has 2 heterocycles. The van der Waals surface area contributed by atoms with E-state index in [-0.39, 0.29) is 6.03 Å². The molecule has 0 aromatic carbocycles. The van der Waals surface area contributed by atoms with Crippen LogP contribution in [0.5, 0.6) is 0 Å². The lowest BCUT2D eigenvalue weighted by molar-refractivity contribution is -0.144. The average molecular weight is 331 g/mol. The molecule has 1 aliphatic heterocycles. The second-order valence-corrected chi connectivity index (χ2v) is 7.32. The molecule has 21 heavy (non-hydrogen) atoms. The SMILES string of the molecule is CC1CCN(C(=O)N(C)Cc2ccc(Cl)s2)C(C(=O)O)C1. The van der Waals surface area contributed by atoms with Gasteiger partial charge in [-0.1, -0.05) is 18.5 Å². The van der Waals surface area contributed by atoms with Crippen LogP contribution in [0.2, 0.25) is 4.34 Å². The molecule has 1 N–H and O–H groups in total. The Balaban J connectivity index is 2.04. The van der Waals surface area contributed by atoms with Gasteiger partial charge in [0.05, 0.1) is 10.9 Å². The van der Waals surface area contributed by atoms with Gasteiger partial charge in [0.2, 0.25) is 0 Å². The van der Waals surface area contributed by atoms with E-state index in [0.717, 1.165) is 11.3 Å². The number of hydrogen-bond acceptors (Lipinski definition) is 3. The lowest BCUT2D eigenvalue weighted by atomic mass is 9.93. The molecule has 2 unspecified atom stereocenters. The van der Waals surface area contributed by atoms with Gasteiger partial charge in [-0.3, -0.25) is 0 Å². The first-order valence-corrected chi connectivity index (χ1v) is 8.06. The molecule has 0 aliphatic carbocycles. The number of carboxylic acids is 1. The standard InChI is InChI=1S/C14H19ClN2O3S/c1-9-5-6-17(11(7-9)13(18)19)14(20)16(2)8-10-3-4-12(15)21-10/h3-4,9,11H,5-8H2,1-2H3,(H,18,19). The molecule has 0 radical (unpaired) electrons. The Labute approximate surface area is 133 Å². The maximum atomic E-state index is 12.5. The molecule has 1 fully saturated rings. The zero-order valence-corrected chi connectivity index (χ0v) is 13.7. The largest absolute Gasteiger partial charge is 0.480 e. The van der Waals surface area contributed by atoms with E-state index in [9.17, 15) is 14.7 Å². The molecule has 0 saturated carbocycles. The fourth-order valence-corrected chi connectivity index (χ4v) is 3.70. The van der Waals surface area contributed by atoms with Crippen molar-refractivity contribution in [1.29, 1.82) is 0 Å². The highest BCUT2D eigenvalue weighted by Crippen LogP contribution is 2.26. The molecular formula is C14H19ClN2O3S. The van der Waals surface area contributed by atoms with Crippen LogP contribution in [0.1, 0.15) is 24.6 Å². The molecule has 1 saturated heterocycles. The lowest BCUT2D eigenvalue weighted by Crippen LogP contribution is -2.53. The highest BCUT2D eigenvalue weighted by molar-refractivity contribution is 7.16. The Morgan fingerprint density at radius 3 is 2.81 bits per heavy atom. The van der Waals surface area contributed by atoms with Gasteiger partial charge in [-0.15, -0.1) is 11.3 Å². The second-order valence-electron chi connectivity index (χ2n) is 5.52. The molecule has 2 atom stereocenters. The smallest absolute Gasteiger partial charge is 0.326 e. The number of amides is 2. The van der Waals surface area contributed by atoms with Gasteiger partial charge in [-0.2, -0.15) is 0 Å². The van der Waals surface area contributed by atoms with Crippen LogP contribution in [0.3, 0.4) is 0 Å². The van der Waals surface area contributed by atoms with Gasteiger partial charge in [-0.05, 0) is 30.9 Å². The Morgan fingerprint density at radius 1 is 1.52 bits per heavy atom. The van der Waals surface area contributed by atoms with Crippen molar-refractivity contribution in [2.24, 2.45) is 5.92 Å². The molecular weight excluding hydrogens is 312 g/mol. The fraction of sp³-hybridized carbons (Fsp3) is 0.571. The predicted molar refractivity (Wildman–Crippen MR) is 82.7 cm³/mol. The highest BCUT2D eigenvalue weighted by atomic mass is 35.5. The number of carboxylic acid groups (broad SMARTS) is 1. The Bertz CT molecular complexity index is 534. The number of urea groups is 1. The van der Waals surface area contributed by atoms with E-state index in [0.29, 0.717) is 29.8 Å². The number of rotatable bonds is 3. The maximum Gasteiger partial charge on any atom is 0.326 e. The van der Waals surface area contributed by atoms with Gasteiger partial charge in [0, 0.05) is 18.5 Å². The van der Waals surface area contributed by atoms with Crippen molar-refractivity contribution in [1.82, 2.24) is 9.80 Å². The van der Waals surface area contributed by atoms with E-state index in [1.807, 2.05) is 13.0 Å². The molecule has 1 aromatic rings. The molecule has 0 spiro atoms. The van der Waals surface area contributed by atoms with Crippen LogP contribution < -0.4 is 0 Å². The minimum atomic E-state index is -0.928. The lowest BCUT2D eigenvalue weighted by Gasteiger charge is -2.38. The molecule has 2 amide bonds. The molecule has 1 aliphatic rings. The van der Waals surface area contributed by atoms with Crippen molar-refractivity contribution in [2.45, 2.75) is 32.4 Å². The number of hydrogen-bond donors (Lipinski definition) is 1. The predicted octanol–water partition coefficient (Wildman–Crippen LogP) is 3.14. The number of nitrogens with zero attached hydrogens (tertiary/aromatic N) is 2. The van der Waals surface area contributed by atoms with Crippen LogP contribution in [-0.2, 0) is 11.3 Å². The number of aliphatic carboxylic acids is 1. The van der Waals surface area contributed by atoms with Crippen molar-refractivity contribution in [3.63, 3.8) is 0 Å². The monoisotopic (exact) mass is 330 g/mol. The first kappa shape index (κ1) is 16.1. The third-order valence-corrected chi connectivity index (χ3v) is 4.96. The summed E-state index contributed by atoms with van der Waals surface area (Å²) in [5.74, 6) is -0.598. The average Bonchev–Trinajstić information content (AvgIpc) is 2.83. The van der Waals surface area contributed by atoms with Crippen LogP contribution in [0.25, 0.3) is 0 Å². The third kappa shape index (κ3) is 3.89. The molecule has 7 heteroatoms. The van der Waals surface area contributed by atoms with Crippen LogP contribution in [0.15, 0.2) is 12.1 Å². The van der Waals surface area contributed by atoms with Crippen molar-refractivity contribution < 1.29 is 14.7 Å². The van der Waals surface area contributed by atoms with Crippen LogP contribution in [0, 0.1) is 5.92 Å². The fourth-order valence-electron chi connectivity index (χ4n) is 2.56. The Morgan fingerprint density at radius 2 is 2.24 bits per heavy atom. The summed E-state index contributed by atoms with van der Waals surface area (Å²) >= 11 is 7.30. The van der Waals surface area contributed by atoms with Gasteiger partial charge in [0.1, 0.15) is 6.04 Å². The van der Waals surface area contributed by atoms with E-state index >= 15 is 0 Å². The molecule has 1 aromatic heterocycles. The number of likely N-dealkylation sites (tertiary alicyclic amines) is 1. The van der Waals surface area contributed by atoms with E-state index < -0.39 is 12.0 Å². The second kappa shape index (κ2) is 6.66. The summed E-state index contributed by atoms with van der Waals surface area (Å²) < 4.78 is 0.682. The summed E-state index contributed by atoms with van der Waals surface area (Å²) in [6.45, 7) is 2.95. The Kier molecular flexibility index (Phi) is 5.11. The number of thiophene rings is 1. The summed E-state index contributed by atoms with van der Waals surface area (Å²) in [4.78, 5) is 27.9. The van der Waals surface area contributed by atoms with Gasteiger partial charge in [0.25, 0.3) is 0 Å². The van der Waals surface area contributed by atoms with Gasteiger partial charge in [-0.25, -0.2) is 9.59 Å². The van der Waals surface area contributed by atoms with E-state index in [2.05, 4.69) is 0 Å².